The summed E-state index contributed by atoms with van der Waals surface area (Å²) in [5, 5.41) is 7.42. The van der Waals surface area contributed by atoms with Crippen molar-refractivity contribution in [2.75, 3.05) is 21.2 Å². The topological polar surface area (TPSA) is 159 Å². The lowest BCUT2D eigenvalue weighted by Gasteiger charge is -2.45. The van der Waals surface area contributed by atoms with Crippen molar-refractivity contribution in [1.29, 1.82) is 0 Å². The molecule has 360 valence electrons. The minimum atomic E-state index is -0.957. The summed E-state index contributed by atoms with van der Waals surface area (Å²) in [5.74, 6) is -3.57. The maximum atomic E-state index is 13.7. The molecule has 2 fully saturated rings. The first kappa shape index (κ1) is 59.2. The molecule has 2 saturated heterocycles. The van der Waals surface area contributed by atoms with Crippen LogP contribution < -0.4 is 0 Å². The number of allylic oxidation sites excluding steroid dienone is 2. The summed E-state index contributed by atoms with van der Waals surface area (Å²) in [6, 6.07) is 4.24. The zero-order valence-electron chi connectivity index (χ0n) is 41.9. The molecule has 0 saturated carbocycles. The lowest BCUT2D eigenvalue weighted by atomic mass is 9.76. The number of rotatable bonds is 10. The number of carboxylic acids is 1. The number of pyridine rings is 1. The molecule has 13 nitrogen and oxygen atoms in total. The largest absolute Gasteiger partial charge is 0.481 e. The number of Topliss-reactive ketones (excluding diaryl/α,β-unsaturated/α-hetero) is 2. The highest BCUT2D eigenvalue weighted by molar-refractivity contribution is 6.00. The van der Waals surface area contributed by atoms with Crippen LogP contribution in [0, 0.1) is 23.7 Å². The van der Waals surface area contributed by atoms with Gasteiger partial charge in [-0.25, -0.2) is 4.98 Å². The van der Waals surface area contributed by atoms with Gasteiger partial charge in [-0.05, 0) is 99.4 Å². The summed E-state index contributed by atoms with van der Waals surface area (Å²) < 4.78 is 26.7. The van der Waals surface area contributed by atoms with Crippen LogP contribution in [0.4, 0.5) is 0 Å². The van der Waals surface area contributed by atoms with Crippen LogP contribution >= 0.6 is 0 Å². The molecule has 0 unspecified atom stereocenters. The number of carboxylic acid groups (broad SMARTS) is 1. The number of aryl methyl sites for hydroxylation is 1. The number of esters is 1. The van der Waals surface area contributed by atoms with Crippen LogP contribution in [0.3, 0.4) is 0 Å². The molecular weight excluding hydrogens is 801 g/mol. The number of carbonyl (C=O) groups is 4. The average molecular weight is 887 g/mol. The molecule has 4 rings (SSSR count). The van der Waals surface area contributed by atoms with E-state index in [9.17, 15) is 14.4 Å². The Balaban J connectivity index is 0.00000120. The zero-order chi connectivity index (χ0) is 48.3. The molecule has 13 heteroatoms. The molecule has 0 radical (unpaired) electrons. The van der Waals surface area contributed by atoms with E-state index < -0.39 is 41.8 Å². The number of cyclic esters (lactones) is 1. The van der Waals surface area contributed by atoms with Crippen LogP contribution in [0.5, 0.6) is 0 Å². The summed E-state index contributed by atoms with van der Waals surface area (Å²) in [5.41, 5.74) is 1.13. The maximum absolute atomic E-state index is 13.7. The van der Waals surface area contributed by atoms with E-state index in [0.29, 0.717) is 32.1 Å². The molecule has 2 aromatic heterocycles. The van der Waals surface area contributed by atoms with E-state index in [-0.39, 0.29) is 41.7 Å². The minimum Gasteiger partial charge on any atom is -0.481 e. The number of methoxy groups -OCH3 is 1. The van der Waals surface area contributed by atoms with Gasteiger partial charge >= 0.3 is 5.97 Å². The van der Waals surface area contributed by atoms with Crippen molar-refractivity contribution in [3.05, 3.63) is 49.2 Å². The number of nitrogens with zero attached hydrogens (tertiary/aromatic N) is 4. The number of carbonyl (C=O) groups excluding carboxylic acids is 3. The van der Waals surface area contributed by atoms with Crippen molar-refractivity contribution >= 4 is 23.5 Å². The van der Waals surface area contributed by atoms with Gasteiger partial charge in [0.25, 0.3) is 5.97 Å². The molecule has 2 aliphatic heterocycles. The molecule has 1 N–H and O–H groups in total. The molecule has 10 atom stereocenters. The van der Waals surface area contributed by atoms with Gasteiger partial charge in [0.2, 0.25) is 0 Å². The van der Waals surface area contributed by atoms with E-state index in [1.54, 1.807) is 27.2 Å². The summed E-state index contributed by atoms with van der Waals surface area (Å²) in [4.78, 5) is 59.6. The highest BCUT2D eigenvalue weighted by Gasteiger charge is 2.47. The fourth-order valence-corrected chi connectivity index (χ4v) is 7.59. The van der Waals surface area contributed by atoms with Crippen molar-refractivity contribution in [3.63, 3.8) is 0 Å². The Morgan fingerprint density at radius 2 is 1.63 bits per heavy atom. The third-order valence-electron chi connectivity index (χ3n) is 11.5. The number of aromatic nitrogens is 3. The van der Waals surface area contributed by atoms with Gasteiger partial charge in [0.05, 0.1) is 29.8 Å². The highest BCUT2D eigenvalue weighted by atomic mass is 16.7. The van der Waals surface area contributed by atoms with Crippen molar-refractivity contribution in [1.82, 2.24) is 19.4 Å². The second-order valence-corrected chi connectivity index (χ2v) is 17.0. The van der Waals surface area contributed by atoms with E-state index >= 15 is 0 Å². The number of imidazole rings is 1. The summed E-state index contributed by atoms with van der Waals surface area (Å²) in [7, 11) is 5.67. The van der Waals surface area contributed by atoms with Crippen LogP contribution in [-0.2, 0) is 44.7 Å². The second kappa shape index (κ2) is 32.0. The number of unbranched alkanes of at least 4 members (excludes halogenated alkanes) is 2. The van der Waals surface area contributed by atoms with Crippen LogP contribution in [-0.4, -0.2) is 105 Å². The molecule has 2 aromatic rings. The molecule has 0 bridgehead atoms. The van der Waals surface area contributed by atoms with Crippen molar-refractivity contribution in [3.8, 4) is 11.3 Å². The lowest BCUT2D eigenvalue weighted by molar-refractivity contribution is -0.262. The summed E-state index contributed by atoms with van der Waals surface area (Å²) in [6.07, 6.45) is 17.6. The molecule has 0 amide bonds. The average Bonchev–Trinajstić information content (AvgIpc) is 3.75. The van der Waals surface area contributed by atoms with Crippen LogP contribution in [0.15, 0.2) is 49.2 Å². The quantitative estimate of drug-likeness (QED) is 0.104. The fourth-order valence-electron chi connectivity index (χ4n) is 7.59. The molecular formula is C50H86N4O9. The Labute approximate surface area is 381 Å². The van der Waals surface area contributed by atoms with Crippen LogP contribution in [0.25, 0.3) is 11.3 Å². The number of ether oxygens (including phenoxy) is 4. The first-order valence-electron chi connectivity index (χ1n) is 23.3. The second-order valence-electron chi connectivity index (χ2n) is 17.0. The molecule has 2 aliphatic rings. The Kier molecular flexibility index (Phi) is 30.0. The zero-order valence-corrected chi connectivity index (χ0v) is 41.9. The van der Waals surface area contributed by atoms with Crippen LogP contribution in [0.1, 0.15) is 148 Å². The minimum absolute atomic E-state index is 0.00861. The Bertz CT molecular complexity index is 1590. The van der Waals surface area contributed by atoms with Gasteiger partial charge in [-0.15, -0.1) is 0 Å². The highest BCUT2D eigenvalue weighted by Crippen LogP contribution is 2.37. The summed E-state index contributed by atoms with van der Waals surface area (Å²) >= 11 is 0. The third kappa shape index (κ3) is 21.6. The van der Waals surface area contributed by atoms with Gasteiger partial charge in [0.1, 0.15) is 17.8 Å². The smallest absolute Gasteiger partial charge is 0.316 e. The van der Waals surface area contributed by atoms with Gasteiger partial charge in [0.15, 0.2) is 12.1 Å². The molecule has 0 aromatic carbocycles. The molecule has 0 spiro atoms. The van der Waals surface area contributed by atoms with Gasteiger partial charge in [-0.2, -0.15) is 0 Å². The van der Waals surface area contributed by atoms with E-state index in [0.717, 1.165) is 31.1 Å². The lowest BCUT2D eigenvalue weighted by Crippen LogP contribution is -2.54. The normalized spacial score (nSPS) is 28.1. The molecule has 63 heavy (non-hydrogen) atoms. The Morgan fingerprint density at radius 3 is 2.16 bits per heavy atom. The van der Waals surface area contributed by atoms with Gasteiger partial charge in [0, 0.05) is 74.9 Å². The van der Waals surface area contributed by atoms with E-state index in [1.807, 2.05) is 113 Å². The molecule has 4 heterocycles. The maximum Gasteiger partial charge on any atom is 0.316 e. The monoisotopic (exact) mass is 887 g/mol. The number of hydrogen-bond donors (Lipinski definition) is 1. The Hall–Kier alpha value is -3.78. The molecule has 0 aliphatic carbocycles. The third-order valence-corrected chi connectivity index (χ3v) is 11.5. The van der Waals surface area contributed by atoms with E-state index in [4.69, 9.17) is 28.8 Å². The standard InChI is InChI=1S/C29H51NO7.C13H17N3.C4H8.C2H4O2.C2H6/c1-11-23-13-12-17(2)25(31)18(3)16-29(7,34-10)27(20(5)26(32)21(6)28(33)36-23)37-24-15-22(30(8)9)14-19(4)35-24;1-2-3-4-8-16-10-13(15-11-16)12-6-5-7-14-9-12;1-3-4-2;1-2(3)4;1-2/h17-24,27H,11-16H2,1-10H3;5-7,9-11H,2-4,8H2,1H3;3-4H,1-2H3;1H3,(H,3,4);1-2H3/b;;4-3-;;/t17-,18-,19-,20+,21-,22+,23-,24+,27-,29+;;;;/m1..../s1. The Morgan fingerprint density at radius 1 is 1.00 bits per heavy atom. The van der Waals surface area contributed by atoms with Crippen molar-refractivity contribution in [2.45, 2.75) is 191 Å². The number of hydrogen-bond acceptors (Lipinski definition) is 11. The first-order chi connectivity index (χ1) is 29.8. The van der Waals surface area contributed by atoms with E-state index in [1.165, 1.54) is 19.3 Å². The van der Waals surface area contributed by atoms with Gasteiger partial charge in [-0.1, -0.05) is 73.5 Å². The number of aliphatic carboxylic acids is 1. The van der Waals surface area contributed by atoms with Crippen molar-refractivity contribution < 1.29 is 43.2 Å². The number of ketones is 2. The van der Waals surface area contributed by atoms with Crippen LogP contribution in [0.2, 0.25) is 0 Å². The predicted octanol–water partition coefficient (Wildman–Crippen LogP) is 10.3. The summed E-state index contributed by atoms with van der Waals surface area (Å²) in [6.45, 7) is 25.5. The van der Waals surface area contributed by atoms with E-state index in [2.05, 4.69) is 32.6 Å². The van der Waals surface area contributed by atoms with Gasteiger partial charge < -0.3 is 33.5 Å². The fraction of sp³-hybridized carbons (Fsp3) is 0.720. The first-order valence-corrected chi connectivity index (χ1v) is 23.3. The SMILES string of the molecule is C/C=C\C.CC.CC(=O)O.CCCCCn1cnc(-c2cccnc2)c1.CC[C@@H]1CC[C@@H](C)C(=O)[C@H](C)C[C@](C)(OC)[C@H](O[C@H]2C[C@@H](N(C)C)C[C@@H](C)O2)[C@@H](C)C(=O)[C@@H](C)C(=O)O1. The van der Waals surface area contributed by atoms with Gasteiger partial charge in [-0.3, -0.25) is 24.2 Å². The predicted molar refractivity (Wildman–Crippen MR) is 252 cm³/mol. The van der Waals surface area contributed by atoms with Crippen molar-refractivity contribution in [2.24, 2.45) is 23.7 Å².